The molecule has 2 heterocycles. The fourth-order valence-corrected chi connectivity index (χ4v) is 3.46. The highest BCUT2D eigenvalue weighted by atomic mass is 16.5. The van der Waals surface area contributed by atoms with E-state index in [0.29, 0.717) is 25.1 Å². The first-order valence-corrected chi connectivity index (χ1v) is 9.41. The Balaban J connectivity index is 1.45. The van der Waals surface area contributed by atoms with Crippen LogP contribution in [-0.4, -0.2) is 29.2 Å². The van der Waals surface area contributed by atoms with Crippen LogP contribution in [0.2, 0.25) is 0 Å². The molecule has 0 radical (unpaired) electrons. The molecule has 4 rings (SSSR count). The number of hydrogen-bond donors (Lipinski definition) is 0. The molecular weight excluding hydrogens is 338 g/mol. The van der Waals surface area contributed by atoms with Gasteiger partial charge in [-0.3, -0.25) is 9.36 Å². The molecule has 0 amide bonds. The maximum absolute atomic E-state index is 12.6. The minimum atomic E-state index is 0.0387. The fourth-order valence-electron chi connectivity index (χ4n) is 3.46. The Morgan fingerprint density at radius 3 is 2.52 bits per heavy atom. The van der Waals surface area contributed by atoms with Crippen LogP contribution in [0.25, 0.3) is 10.9 Å². The molecule has 2 aromatic carbocycles. The second-order valence-electron chi connectivity index (χ2n) is 8.00. The van der Waals surface area contributed by atoms with Gasteiger partial charge in [0.2, 0.25) is 5.95 Å². The average molecular weight is 363 g/mol. The van der Waals surface area contributed by atoms with Crippen LogP contribution in [0.1, 0.15) is 26.3 Å². The lowest BCUT2D eigenvalue weighted by molar-refractivity contribution is 0.324. The SMILES string of the molecule is CC(C)(C)c1ccc(OCCN2CCn3c2nc2ccccc2c3=O)cc1. The van der Waals surface area contributed by atoms with Gasteiger partial charge in [-0.1, -0.05) is 45.0 Å². The van der Waals surface area contributed by atoms with E-state index < -0.39 is 0 Å². The third kappa shape index (κ3) is 3.42. The monoisotopic (exact) mass is 363 g/mol. The Morgan fingerprint density at radius 1 is 1.04 bits per heavy atom. The van der Waals surface area contributed by atoms with Crippen molar-refractivity contribution in [3.05, 3.63) is 64.4 Å². The summed E-state index contributed by atoms with van der Waals surface area (Å²) in [5, 5.41) is 0.679. The van der Waals surface area contributed by atoms with Crippen molar-refractivity contribution >= 4 is 16.9 Å². The zero-order valence-electron chi connectivity index (χ0n) is 16.1. The van der Waals surface area contributed by atoms with Crippen molar-refractivity contribution in [2.24, 2.45) is 0 Å². The van der Waals surface area contributed by atoms with E-state index in [0.717, 1.165) is 23.8 Å². The summed E-state index contributed by atoms with van der Waals surface area (Å²) in [5.41, 5.74) is 2.22. The molecule has 0 saturated heterocycles. The standard InChI is InChI=1S/C22H25N3O2/c1-22(2,3)16-8-10-17(11-9-16)27-15-14-24-12-13-25-20(26)18-6-4-5-7-19(18)23-21(24)25/h4-11H,12-15H2,1-3H3. The summed E-state index contributed by atoms with van der Waals surface area (Å²) >= 11 is 0. The van der Waals surface area contributed by atoms with Crippen LogP contribution < -0.4 is 15.2 Å². The normalized spacial score (nSPS) is 13.8. The summed E-state index contributed by atoms with van der Waals surface area (Å²) in [6.45, 7) is 9.31. The van der Waals surface area contributed by atoms with Crippen molar-refractivity contribution in [1.29, 1.82) is 0 Å². The highest BCUT2D eigenvalue weighted by Gasteiger charge is 2.23. The molecule has 3 aromatic rings. The predicted molar refractivity (Wildman–Crippen MR) is 109 cm³/mol. The minimum Gasteiger partial charge on any atom is -0.492 e. The van der Waals surface area contributed by atoms with E-state index in [1.165, 1.54) is 5.56 Å². The second-order valence-corrected chi connectivity index (χ2v) is 8.00. The third-order valence-electron chi connectivity index (χ3n) is 5.07. The largest absolute Gasteiger partial charge is 0.492 e. The first-order chi connectivity index (χ1) is 12.9. The van der Waals surface area contributed by atoms with Crippen molar-refractivity contribution < 1.29 is 4.74 Å². The molecule has 0 atom stereocenters. The molecule has 0 bridgehead atoms. The number of aromatic nitrogens is 2. The lowest BCUT2D eigenvalue weighted by atomic mass is 9.87. The number of nitrogens with zero attached hydrogens (tertiary/aromatic N) is 3. The molecule has 0 N–H and O–H groups in total. The molecule has 0 unspecified atom stereocenters. The van der Waals surface area contributed by atoms with E-state index in [1.807, 2.05) is 36.4 Å². The van der Waals surface area contributed by atoms with Gasteiger partial charge in [0.25, 0.3) is 5.56 Å². The number of benzene rings is 2. The number of ether oxygens (including phenoxy) is 1. The molecule has 1 aliphatic heterocycles. The first kappa shape index (κ1) is 17.6. The van der Waals surface area contributed by atoms with Crippen LogP contribution in [0.5, 0.6) is 5.75 Å². The Bertz CT molecular complexity index is 1020. The first-order valence-electron chi connectivity index (χ1n) is 9.41. The maximum atomic E-state index is 12.6. The zero-order valence-corrected chi connectivity index (χ0v) is 16.1. The molecule has 1 aliphatic rings. The summed E-state index contributed by atoms with van der Waals surface area (Å²) in [6, 6.07) is 15.8. The quantitative estimate of drug-likeness (QED) is 0.711. The lowest BCUT2D eigenvalue weighted by Gasteiger charge is -2.20. The van der Waals surface area contributed by atoms with Gasteiger partial charge in [0.15, 0.2) is 0 Å². The van der Waals surface area contributed by atoms with Gasteiger partial charge in [-0.25, -0.2) is 4.98 Å². The molecule has 5 nitrogen and oxygen atoms in total. The lowest BCUT2D eigenvalue weighted by Crippen LogP contribution is -2.27. The molecule has 0 spiro atoms. The van der Waals surface area contributed by atoms with Crippen LogP contribution in [-0.2, 0) is 12.0 Å². The van der Waals surface area contributed by atoms with Crippen molar-refractivity contribution in [1.82, 2.24) is 9.55 Å². The maximum Gasteiger partial charge on any atom is 0.262 e. The van der Waals surface area contributed by atoms with Gasteiger partial charge < -0.3 is 9.64 Å². The summed E-state index contributed by atoms with van der Waals surface area (Å²) in [6.07, 6.45) is 0. The summed E-state index contributed by atoms with van der Waals surface area (Å²) in [7, 11) is 0. The van der Waals surface area contributed by atoms with Crippen molar-refractivity contribution in [2.75, 3.05) is 24.6 Å². The third-order valence-corrected chi connectivity index (χ3v) is 5.07. The number of anilines is 1. The molecule has 0 saturated carbocycles. The predicted octanol–water partition coefficient (Wildman–Crippen LogP) is 3.59. The van der Waals surface area contributed by atoms with Crippen LogP contribution >= 0.6 is 0 Å². The van der Waals surface area contributed by atoms with Gasteiger partial charge in [-0.2, -0.15) is 0 Å². The molecule has 27 heavy (non-hydrogen) atoms. The van der Waals surface area contributed by atoms with E-state index in [4.69, 9.17) is 9.72 Å². The van der Waals surface area contributed by atoms with Crippen LogP contribution in [0, 0.1) is 0 Å². The number of para-hydroxylation sites is 1. The van der Waals surface area contributed by atoms with Crippen molar-refractivity contribution in [3.8, 4) is 5.75 Å². The van der Waals surface area contributed by atoms with Crippen molar-refractivity contribution in [3.63, 3.8) is 0 Å². The summed E-state index contributed by atoms with van der Waals surface area (Å²) in [5.74, 6) is 1.61. The second kappa shape index (κ2) is 6.72. The van der Waals surface area contributed by atoms with E-state index in [2.05, 4.69) is 37.8 Å². The Labute approximate surface area is 159 Å². The highest BCUT2D eigenvalue weighted by Crippen LogP contribution is 2.24. The molecule has 5 heteroatoms. The fraction of sp³-hybridized carbons (Fsp3) is 0.364. The minimum absolute atomic E-state index is 0.0387. The number of rotatable bonds is 4. The van der Waals surface area contributed by atoms with Crippen molar-refractivity contribution in [2.45, 2.75) is 32.7 Å². The Morgan fingerprint density at radius 2 is 1.78 bits per heavy atom. The van der Waals surface area contributed by atoms with Gasteiger partial charge in [-0.15, -0.1) is 0 Å². The van der Waals surface area contributed by atoms with E-state index in [-0.39, 0.29) is 11.0 Å². The summed E-state index contributed by atoms with van der Waals surface area (Å²) < 4.78 is 7.68. The van der Waals surface area contributed by atoms with E-state index >= 15 is 0 Å². The summed E-state index contributed by atoms with van der Waals surface area (Å²) in [4.78, 5) is 19.5. The van der Waals surface area contributed by atoms with Crippen LogP contribution in [0.3, 0.4) is 0 Å². The van der Waals surface area contributed by atoms with Crippen LogP contribution in [0.4, 0.5) is 5.95 Å². The van der Waals surface area contributed by atoms with E-state index in [9.17, 15) is 4.79 Å². The topological polar surface area (TPSA) is 47.4 Å². The van der Waals surface area contributed by atoms with Gasteiger partial charge in [-0.05, 0) is 35.2 Å². The molecule has 0 aliphatic carbocycles. The molecular formula is C22H25N3O2. The number of fused-ring (bicyclic) bond motifs is 2. The van der Waals surface area contributed by atoms with Crippen LogP contribution in [0.15, 0.2) is 53.3 Å². The van der Waals surface area contributed by atoms with Gasteiger partial charge in [0.1, 0.15) is 12.4 Å². The van der Waals surface area contributed by atoms with E-state index in [1.54, 1.807) is 4.57 Å². The smallest absolute Gasteiger partial charge is 0.262 e. The molecule has 1 aromatic heterocycles. The zero-order chi connectivity index (χ0) is 19.0. The molecule has 0 fully saturated rings. The number of hydrogen-bond acceptors (Lipinski definition) is 4. The Hall–Kier alpha value is -2.82. The van der Waals surface area contributed by atoms with Gasteiger partial charge in [0.05, 0.1) is 17.4 Å². The molecule has 140 valence electrons. The highest BCUT2D eigenvalue weighted by molar-refractivity contribution is 5.78. The van der Waals surface area contributed by atoms with Gasteiger partial charge in [0, 0.05) is 13.1 Å². The average Bonchev–Trinajstić information content (AvgIpc) is 3.05. The van der Waals surface area contributed by atoms with Gasteiger partial charge >= 0.3 is 0 Å². The Kier molecular flexibility index (Phi) is 4.38.